The van der Waals surface area contributed by atoms with E-state index in [1.807, 2.05) is 0 Å². The Morgan fingerprint density at radius 3 is 2.71 bits per heavy atom. The van der Waals surface area contributed by atoms with Gasteiger partial charge >= 0.3 is 6.03 Å². The molecule has 0 saturated heterocycles. The van der Waals surface area contributed by atoms with Gasteiger partial charge in [-0.05, 0) is 25.0 Å². The summed E-state index contributed by atoms with van der Waals surface area (Å²) < 4.78 is 50.5. The molecule has 4 rings (SSSR count). The van der Waals surface area contributed by atoms with Gasteiger partial charge in [0.1, 0.15) is 5.82 Å². The average molecular weight is 432 g/mol. The number of halogens is 3. The highest BCUT2D eigenvalue weighted by Crippen LogP contribution is 2.44. The second-order valence-electron chi connectivity index (χ2n) is 7.62. The molecule has 1 atom stereocenters. The lowest BCUT2D eigenvalue weighted by molar-refractivity contribution is -0.0465. The molecule has 1 fully saturated rings. The van der Waals surface area contributed by atoms with Crippen molar-refractivity contribution in [3.8, 4) is 17.7 Å². The van der Waals surface area contributed by atoms with Gasteiger partial charge in [-0.1, -0.05) is 11.8 Å². The summed E-state index contributed by atoms with van der Waals surface area (Å²) in [5.41, 5.74) is -3.10. The lowest BCUT2D eigenvalue weighted by Gasteiger charge is -2.40. The zero-order chi connectivity index (χ0) is 22.4. The smallest absolute Gasteiger partial charge is 0.320 e. The Balaban J connectivity index is 1.82. The summed E-state index contributed by atoms with van der Waals surface area (Å²) in [7, 11) is 1.37. The number of rotatable bonds is 4. The number of fused-ring (bicyclic) bond motifs is 1. The van der Waals surface area contributed by atoms with Gasteiger partial charge in [0, 0.05) is 41.8 Å². The van der Waals surface area contributed by atoms with Crippen LogP contribution in [0, 0.1) is 23.6 Å². The van der Waals surface area contributed by atoms with Crippen molar-refractivity contribution in [3.63, 3.8) is 0 Å². The van der Waals surface area contributed by atoms with Crippen molar-refractivity contribution >= 4 is 11.7 Å². The molecule has 2 N–H and O–H groups in total. The van der Waals surface area contributed by atoms with E-state index >= 15 is 4.39 Å². The van der Waals surface area contributed by atoms with Gasteiger partial charge in [0.25, 0.3) is 11.5 Å². The zero-order valence-electron chi connectivity index (χ0n) is 16.8. The van der Waals surface area contributed by atoms with Crippen LogP contribution in [0.2, 0.25) is 0 Å². The molecule has 0 bridgehead atoms. The van der Waals surface area contributed by atoms with Crippen molar-refractivity contribution in [1.29, 1.82) is 0 Å². The highest BCUT2D eigenvalue weighted by atomic mass is 19.3. The van der Waals surface area contributed by atoms with E-state index in [2.05, 4.69) is 27.6 Å². The van der Waals surface area contributed by atoms with Crippen LogP contribution >= 0.6 is 0 Å². The van der Waals surface area contributed by atoms with E-state index in [1.165, 1.54) is 25.3 Å². The van der Waals surface area contributed by atoms with Gasteiger partial charge in [-0.25, -0.2) is 22.6 Å². The second-order valence-corrected chi connectivity index (χ2v) is 7.62. The molecule has 1 aromatic carbocycles. The third kappa shape index (κ3) is 3.83. The Kier molecular flexibility index (Phi) is 4.92. The number of carbonyl (C=O) groups excluding carboxylic acids is 1. The van der Waals surface area contributed by atoms with Crippen LogP contribution < -0.4 is 20.9 Å². The van der Waals surface area contributed by atoms with Crippen molar-refractivity contribution in [2.24, 2.45) is 5.92 Å². The summed E-state index contributed by atoms with van der Waals surface area (Å²) in [5.74, 6) is 1.09. The predicted molar refractivity (Wildman–Crippen MR) is 106 cm³/mol. The Hall–Kier alpha value is -3.48. The molecule has 10 heteroatoms. The van der Waals surface area contributed by atoms with Crippen LogP contribution in [0.1, 0.15) is 30.9 Å². The van der Waals surface area contributed by atoms with E-state index in [0.29, 0.717) is 6.92 Å². The molecule has 1 aromatic heterocycles. The van der Waals surface area contributed by atoms with Crippen LogP contribution in [0.5, 0.6) is 5.88 Å². The molecule has 1 aliphatic carbocycles. The molecule has 2 heterocycles. The first-order chi connectivity index (χ1) is 14.6. The Labute approximate surface area is 175 Å². The molecule has 7 nitrogen and oxygen atoms in total. The van der Waals surface area contributed by atoms with Crippen molar-refractivity contribution in [2.45, 2.75) is 37.8 Å². The summed E-state index contributed by atoms with van der Waals surface area (Å²) in [6, 6.07) is 3.83. The maximum absolute atomic E-state index is 15.0. The van der Waals surface area contributed by atoms with E-state index in [0.717, 1.165) is 23.6 Å². The number of carbonyl (C=O) groups is 1. The number of amides is 2. The number of nitrogens with one attached hydrogen (secondary N) is 2. The first-order valence-corrected chi connectivity index (χ1v) is 9.58. The predicted octanol–water partition coefficient (Wildman–Crippen LogP) is 2.84. The van der Waals surface area contributed by atoms with Crippen LogP contribution in [0.25, 0.3) is 0 Å². The maximum Gasteiger partial charge on any atom is 0.320 e. The first kappa shape index (κ1) is 20.8. The summed E-state index contributed by atoms with van der Waals surface area (Å²) in [6.45, 7) is 0.344. The van der Waals surface area contributed by atoms with E-state index in [9.17, 15) is 18.4 Å². The van der Waals surface area contributed by atoms with Gasteiger partial charge < -0.3 is 15.4 Å². The van der Waals surface area contributed by atoms with Crippen molar-refractivity contribution in [3.05, 3.63) is 51.6 Å². The lowest BCUT2D eigenvalue weighted by atomic mass is 9.81. The number of aromatic nitrogens is 2. The normalized spacial score (nSPS) is 20.1. The number of urea groups is 1. The number of hydrogen-bond acceptors (Lipinski definition) is 4. The number of benzene rings is 1. The number of anilines is 1. The SMILES string of the molecule is COc1ccc(=O)n(Cc2cc3c(cc2F)[C@@](C#CC2CC2)(C(C)(F)F)NC(=O)N3)n1. The molecule has 1 aliphatic heterocycles. The quantitative estimate of drug-likeness (QED) is 0.728. The molecule has 0 radical (unpaired) electrons. The number of hydrogen-bond donors (Lipinski definition) is 2. The molecule has 31 heavy (non-hydrogen) atoms. The van der Waals surface area contributed by atoms with Crippen LogP contribution in [0.4, 0.5) is 23.7 Å². The third-order valence-electron chi connectivity index (χ3n) is 5.21. The minimum atomic E-state index is -3.50. The maximum atomic E-state index is 15.0. The van der Waals surface area contributed by atoms with Crippen molar-refractivity contribution in [2.75, 3.05) is 12.4 Å². The number of ether oxygens (including phenoxy) is 1. The first-order valence-electron chi connectivity index (χ1n) is 9.58. The fourth-order valence-electron chi connectivity index (χ4n) is 3.35. The minimum absolute atomic E-state index is 0.00964. The Bertz CT molecular complexity index is 1180. The number of methoxy groups -OCH3 is 1. The molecular weight excluding hydrogens is 413 g/mol. The average Bonchev–Trinajstić information content (AvgIpc) is 3.52. The molecule has 162 valence electrons. The number of nitrogens with zero attached hydrogens (tertiary/aromatic N) is 2. The van der Waals surface area contributed by atoms with E-state index < -0.39 is 28.9 Å². The van der Waals surface area contributed by atoms with Crippen LogP contribution in [0.15, 0.2) is 29.1 Å². The second kappa shape index (κ2) is 7.34. The molecule has 0 unspecified atom stereocenters. The van der Waals surface area contributed by atoms with Crippen molar-refractivity contribution < 1.29 is 22.7 Å². The zero-order valence-corrected chi connectivity index (χ0v) is 16.8. The van der Waals surface area contributed by atoms with E-state index in [-0.39, 0.29) is 35.2 Å². The highest BCUT2D eigenvalue weighted by Gasteiger charge is 2.55. The standard InChI is InChI=1S/C21H19F3N4O3/c1-20(23,24)21(8-7-12-3-4-12)14-10-15(22)13(9-16(14)25-19(30)26-21)11-28-18(29)6-5-17(27-28)31-2/h5-6,9-10,12H,3-4,11H2,1-2H3,(H2,25,26,30)/t21-/m0/s1. The summed E-state index contributed by atoms with van der Waals surface area (Å²) in [6.07, 6.45) is 1.60. The van der Waals surface area contributed by atoms with E-state index in [4.69, 9.17) is 4.74 Å². The molecule has 0 spiro atoms. The largest absolute Gasteiger partial charge is 0.480 e. The Morgan fingerprint density at radius 2 is 2.06 bits per heavy atom. The van der Waals surface area contributed by atoms with Crippen LogP contribution in [-0.4, -0.2) is 28.8 Å². The van der Waals surface area contributed by atoms with Crippen LogP contribution in [-0.2, 0) is 12.1 Å². The highest BCUT2D eigenvalue weighted by molar-refractivity contribution is 5.95. The van der Waals surface area contributed by atoms with Gasteiger partial charge in [-0.3, -0.25) is 4.79 Å². The molecular formula is C21H19F3N4O3. The Morgan fingerprint density at radius 1 is 1.32 bits per heavy atom. The summed E-state index contributed by atoms with van der Waals surface area (Å²) in [4.78, 5) is 24.3. The third-order valence-corrected chi connectivity index (χ3v) is 5.21. The summed E-state index contributed by atoms with van der Waals surface area (Å²) in [5, 5.41) is 8.59. The van der Waals surface area contributed by atoms with Gasteiger partial charge in [0.05, 0.1) is 13.7 Å². The fraction of sp³-hybridized carbons (Fsp3) is 0.381. The van der Waals surface area contributed by atoms with Gasteiger partial charge in [-0.2, -0.15) is 0 Å². The summed E-state index contributed by atoms with van der Waals surface area (Å²) >= 11 is 0. The fourth-order valence-corrected chi connectivity index (χ4v) is 3.35. The molecule has 2 amide bonds. The monoisotopic (exact) mass is 432 g/mol. The van der Waals surface area contributed by atoms with Gasteiger partial charge in [0.2, 0.25) is 5.88 Å². The molecule has 2 aliphatic rings. The lowest BCUT2D eigenvalue weighted by Crippen LogP contribution is -2.59. The minimum Gasteiger partial charge on any atom is -0.480 e. The topological polar surface area (TPSA) is 85.2 Å². The number of alkyl halides is 2. The molecule has 1 saturated carbocycles. The van der Waals surface area contributed by atoms with Crippen LogP contribution in [0.3, 0.4) is 0 Å². The van der Waals surface area contributed by atoms with Gasteiger partial charge in [0.15, 0.2) is 5.54 Å². The van der Waals surface area contributed by atoms with E-state index in [1.54, 1.807) is 0 Å². The molecule has 2 aromatic rings. The van der Waals surface area contributed by atoms with Crippen molar-refractivity contribution in [1.82, 2.24) is 15.1 Å². The van der Waals surface area contributed by atoms with Gasteiger partial charge in [-0.15, -0.1) is 5.10 Å².